The van der Waals surface area contributed by atoms with Gasteiger partial charge in [-0.25, -0.2) is 4.18 Å². The summed E-state index contributed by atoms with van der Waals surface area (Å²) in [6, 6.07) is 5.21. The van der Waals surface area contributed by atoms with Crippen molar-refractivity contribution in [3.63, 3.8) is 0 Å². The van der Waals surface area contributed by atoms with Crippen LogP contribution >= 0.6 is 0 Å². The first kappa shape index (κ1) is 19.4. The molecule has 1 saturated heterocycles. The van der Waals surface area contributed by atoms with Crippen LogP contribution in [0.1, 0.15) is 29.5 Å². The van der Waals surface area contributed by atoms with Gasteiger partial charge in [-0.1, -0.05) is 18.2 Å². The lowest BCUT2D eigenvalue weighted by molar-refractivity contribution is -0.155. The Hall–Kier alpha value is -1.94. The Labute approximate surface area is 142 Å². The number of carbonyl (C=O) groups excluding carboxylic acids is 2. The van der Waals surface area contributed by atoms with Crippen molar-refractivity contribution < 1.29 is 35.4 Å². The molecule has 0 spiro atoms. The highest BCUT2D eigenvalue weighted by molar-refractivity contribution is 7.87. The van der Waals surface area contributed by atoms with E-state index in [1.165, 1.54) is 0 Å². The van der Waals surface area contributed by atoms with Crippen LogP contribution in [0.5, 0.6) is 0 Å². The molecule has 0 radical (unpaired) electrons. The van der Waals surface area contributed by atoms with Crippen molar-refractivity contribution in [2.75, 3.05) is 0 Å². The molecule has 6 nitrogen and oxygen atoms in total. The molecule has 1 unspecified atom stereocenters. The molecule has 10 heteroatoms. The maximum Gasteiger partial charge on any atom is 0.523 e. The van der Waals surface area contributed by atoms with Gasteiger partial charge in [0.05, 0.1) is 6.54 Å². The van der Waals surface area contributed by atoms with Crippen LogP contribution in [-0.2, 0) is 30.4 Å². The van der Waals surface area contributed by atoms with Crippen LogP contribution in [0.4, 0.5) is 13.2 Å². The second-order valence-electron chi connectivity index (χ2n) is 5.76. The summed E-state index contributed by atoms with van der Waals surface area (Å²) < 4.78 is 63.4. The lowest BCUT2D eigenvalue weighted by Gasteiger charge is -2.30. The number of amides is 2. The lowest BCUT2D eigenvalue weighted by atomic mass is 10.0. The van der Waals surface area contributed by atoms with Gasteiger partial charge in [-0.3, -0.25) is 14.5 Å². The Morgan fingerprint density at radius 3 is 2.40 bits per heavy atom. The highest BCUT2D eigenvalue weighted by Crippen LogP contribution is 2.29. The van der Waals surface area contributed by atoms with Gasteiger partial charge in [0.25, 0.3) is 5.91 Å². The Kier molecular flexibility index (Phi) is 5.24. The van der Waals surface area contributed by atoms with Crippen molar-refractivity contribution in [3.8, 4) is 0 Å². The molecule has 138 valence electrons. The van der Waals surface area contributed by atoms with E-state index in [2.05, 4.69) is 4.18 Å². The highest BCUT2D eigenvalue weighted by atomic mass is 32.2. The van der Waals surface area contributed by atoms with E-state index in [0.717, 1.165) is 16.0 Å². The minimum atomic E-state index is -5.92. The summed E-state index contributed by atoms with van der Waals surface area (Å²) in [5.41, 5.74) is -3.11. The third-order valence-electron chi connectivity index (χ3n) is 3.90. The number of nitrogens with zero attached hydrogens (tertiary/aromatic N) is 1. The van der Waals surface area contributed by atoms with E-state index in [4.69, 9.17) is 0 Å². The van der Waals surface area contributed by atoms with E-state index in [9.17, 15) is 31.2 Å². The Bertz CT molecular complexity index is 804. The van der Waals surface area contributed by atoms with Crippen LogP contribution in [0.15, 0.2) is 18.2 Å². The van der Waals surface area contributed by atoms with Gasteiger partial charge < -0.3 is 0 Å². The van der Waals surface area contributed by atoms with Gasteiger partial charge in [-0.15, -0.1) is 0 Å². The summed E-state index contributed by atoms with van der Waals surface area (Å²) in [6.07, 6.45) is -2.57. The number of carbonyl (C=O) groups is 2. The van der Waals surface area contributed by atoms with Gasteiger partial charge in [0.15, 0.2) is 6.10 Å². The molecular formula is C15H16F3NO5S. The molecule has 1 aliphatic heterocycles. The molecule has 1 aliphatic rings. The van der Waals surface area contributed by atoms with Gasteiger partial charge in [0.1, 0.15) is 0 Å². The number of likely N-dealkylation sites (tertiary alicyclic amines) is 1. The summed E-state index contributed by atoms with van der Waals surface area (Å²) in [5.74, 6) is -1.69. The maximum atomic E-state index is 12.4. The Morgan fingerprint density at radius 1 is 1.20 bits per heavy atom. The number of halogens is 3. The van der Waals surface area contributed by atoms with Crippen molar-refractivity contribution >= 4 is 21.9 Å². The molecule has 0 bridgehead atoms. The molecule has 25 heavy (non-hydrogen) atoms. The third kappa shape index (κ3) is 4.18. The topological polar surface area (TPSA) is 80.8 Å². The van der Waals surface area contributed by atoms with Crippen LogP contribution in [0.2, 0.25) is 0 Å². The summed E-state index contributed by atoms with van der Waals surface area (Å²) >= 11 is 0. The fraction of sp³-hybridized carbons (Fsp3) is 0.467. The normalized spacial score (nSPS) is 19.4. The third-order valence-corrected chi connectivity index (χ3v) is 4.95. The van der Waals surface area contributed by atoms with Gasteiger partial charge in [-0.2, -0.15) is 21.6 Å². The molecule has 1 atom stereocenters. The van der Waals surface area contributed by atoms with E-state index in [1.54, 1.807) is 18.2 Å². The Morgan fingerprint density at radius 2 is 1.84 bits per heavy atom. The average molecular weight is 379 g/mol. The van der Waals surface area contributed by atoms with Gasteiger partial charge in [-0.05, 0) is 37.0 Å². The predicted molar refractivity (Wildman–Crippen MR) is 80.6 cm³/mol. The zero-order valence-electron chi connectivity index (χ0n) is 13.5. The fourth-order valence-electron chi connectivity index (χ4n) is 2.36. The molecule has 0 aliphatic carbocycles. The minimum Gasteiger partial charge on any atom is -0.276 e. The molecule has 1 heterocycles. The van der Waals surface area contributed by atoms with E-state index >= 15 is 0 Å². The molecule has 1 fully saturated rings. The smallest absolute Gasteiger partial charge is 0.276 e. The second-order valence-corrected chi connectivity index (χ2v) is 7.32. The molecule has 0 aromatic heterocycles. The van der Waals surface area contributed by atoms with Crippen LogP contribution in [-0.4, -0.2) is 36.7 Å². The molecule has 1 aromatic rings. The number of aryl methyl sites for hydroxylation is 2. The molecule has 1 aromatic carbocycles. The van der Waals surface area contributed by atoms with Crippen molar-refractivity contribution in [1.29, 1.82) is 0 Å². The average Bonchev–Trinajstić information content (AvgIpc) is 2.49. The fourth-order valence-corrected chi connectivity index (χ4v) is 2.95. The summed E-state index contributed by atoms with van der Waals surface area (Å²) in [4.78, 5) is 24.9. The number of hydrogen-bond acceptors (Lipinski definition) is 5. The molecule has 2 amide bonds. The van der Waals surface area contributed by atoms with Crippen LogP contribution in [0.3, 0.4) is 0 Å². The zero-order chi connectivity index (χ0) is 19.0. The van der Waals surface area contributed by atoms with Crippen molar-refractivity contribution in [3.05, 3.63) is 34.9 Å². The molecule has 0 N–H and O–H groups in total. The van der Waals surface area contributed by atoms with Crippen LogP contribution in [0.25, 0.3) is 0 Å². The molecule has 2 rings (SSSR count). The molecular weight excluding hydrogens is 363 g/mol. The van der Waals surface area contributed by atoms with Crippen molar-refractivity contribution in [1.82, 2.24) is 4.90 Å². The first-order chi connectivity index (χ1) is 11.4. The van der Waals surface area contributed by atoms with Gasteiger partial charge >= 0.3 is 15.6 Å². The van der Waals surface area contributed by atoms with Crippen molar-refractivity contribution in [2.45, 2.75) is 44.8 Å². The van der Waals surface area contributed by atoms with E-state index in [1.807, 2.05) is 13.8 Å². The Balaban J connectivity index is 2.20. The SMILES string of the molecule is Cc1ccc(CN2C(=O)CCC(OS(=O)(=O)C(F)(F)F)C2=O)cc1C. The maximum absolute atomic E-state index is 12.4. The quantitative estimate of drug-likeness (QED) is 0.455. The number of hydrogen-bond donors (Lipinski definition) is 0. The first-order valence-corrected chi connectivity index (χ1v) is 8.73. The summed E-state index contributed by atoms with van der Waals surface area (Å²) in [5, 5.41) is 0. The zero-order valence-corrected chi connectivity index (χ0v) is 14.3. The first-order valence-electron chi connectivity index (χ1n) is 7.32. The van der Waals surface area contributed by atoms with E-state index in [-0.39, 0.29) is 13.0 Å². The number of benzene rings is 1. The van der Waals surface area contributed by atoms with Crippen LogP contribution in [0, 0.1) is 13.8 Å². The van der Waals surface area contributed by atoms with E-state index in [0.29, 0.717) is 5.56 Å². The van der Waals surface area contributed by atoms with Crippen LogP contribution < -0.4 is 0 Å². The largest absolute Gasteiger partial charge is 0.523 e. The van der Waals surface area contributed by atoms with E-state index < -0.39 is 40.0 Å². The molecule has 0 saturated carbocycles. The standard InChI is InChI=1S/C15H16F3NO5S/c1-9-3-4-11(7-10(9)2)8-19-13(20)6-5-12(14(19)21)24-25(22,23)15(16,17)18/h3-4,7,12H,5-6,8H2,1-2H3. The number of piperidine rings is 1. The van der Waals surface area contributed by atoms with Gasteiger partial charge in [0, 0.05) is 6.42 Å². The predicted octanol–water partition coefficient (Wildman–Crippen LogP) is 2.19. The summed E-state index contributed by atoms with van der Waals surface area (Å²) in [7, 11) is -5.92. The lowest BCUT2D eigenvalue weighted by Crippen LogP contribution is -2.49. The summed E-state index contributed by atoms with van der Waals surface area (Å²) in [6.45, 7) is 3.55. The number of rotatable bonds is 4. The number of imide groups is 1. The van der Waals surface area contributed by atoms with Crippen molar-refractivity contribution in [2.24, 2.45) is 0 Å². The minimum absolute atomic E-state index is 0.162. The van der Waals surface area contributed by atoms with Gasteiger partial charge in [0.2, 0.25) is 5.91 Å². The highest BCUT2D eigenvalue weighted by Gasteiger charge is 2.50. The monoisotopic (exact) mass is 379 g/mol. The second kappa shape index (κ2) is 6.75. The number of alkyl halides is 3.